The predicted octanol–water partition coefficient (Wildman–Crippen LogP) is -0.0618. The Labute approximate surface area is 181 Å². The molecule has 4 unspecified atom stereocenters. The summed E-state index contributed by atoms with van der Waals surface area (Å²) < 4.78 is 43.6. The summed E-state index contributed by atoms with van der Waals surface area (Å²) in [7, 11) is -10.3. The van der Waals surface area contributed by atoms with Crippen LogP contribution in [0.15, 0.2) is 22.2 Å². The van der Waals surface area contributed by atoms with Crippen molar-refractivity contribution in [2.24, 2.45) is 5.11 Å². The van der Waals surface area contributed by atoms with E-state index in [4.69, 9.17) is 15.4 Å². The minimum absolute atomic E-state index is 0.0781. The summed E-state index contributed by atoms with van der Waals surface area (Å²) in [5.41, 5.74) is 4.08. The largest absolute Gasteiger partial charge is 0.481 e. The summed E-state index contributed by atoms with van der Waals surface area (Å²) in [6, 6.07) is 1.33. The summed E-state index contributed by atoms with van der Waals surface area (Å²) in [6.07, 6.45) is -1.36. The molecular formula is C14H24N4O12P2. The van der Waals surface area contributed by atoms with Gasteiger partial charge in [0.25, 0.3) is 0 Å². The van der Waals surface area contributed by atoms with Crippen molar-refractivity contribution in [2.45, 2.75) is 43.8 Å². The van der Waals surface area contributed by atoms with Crippen molar-refractivity contribution in [1.29, 1.82) is 5.53 Å². The zero-order valence-corrected chi connectivity index (χ0v) is 18.5. The molecule has 0 amide bonds. The number of phosphoric ester groups is 2. The Morgan fingerprint density at radius 2 is 2.03 bits per heavy atom. The first-order valence-electron chi connectivity index (χ1n) is 9.08. The molecular weight excluding hydrogens is 478 g/mol. The lowest BCUT2D eigenvalue weighted by atomic mass is 10.0. The van der Waals surface area contributed by atoms with Crippen LogP contribution in [0.3, 0.4) is 0 Å². The van der Waals surface area contributed by atoms with Crippen molar-refractivity contribution >= 4 is 21.5 Å². The first-order chi connectivity index (χ1) is 14.8. The highest BCUT2D eigenvalue weighted by atomic mass is 31.3. The lowest BCUT2D eigenvalue weighted by Crippen LogP contribution is -2.45. The minimum atomic E-state index is -5.19. The van der Waals surface area contributed by atoms with Gasteiger partial charge >= 0.3 is 21.3 Å². The maximum Gasteiger partial charge on any atom is 0.481 e. The number of hydrogen-bond donors (Lipinski definition) is 6. The van der Waals surface area contributed by atoms with E-state index in [-0.39, 0.29) is 5.82 Å². The fraction of sp³-hybridized carbons (Fsp3) is 0.714. The number of hydrogen-bond acceptors (Lipinski definition) is 13. The van der Waals surface area contributed by atoms with Gasteiger partial charge in [0.1, 0.15) is 17.9 Å². The van der Waals surface area contributed by atoms with Gasteiger partial charge in [0.2, 0.25) is 0 Å². The zero-order valence-electron chi connectivity index (χ0n) is 16.8. The van der Waals surface area contributed by atoms with E-state index < -0.39 is 65.2 Å². The van der Waals surface area contributed by atoms with Crippen LogP contribution in [-0.2, 0) is 27.2 Å². The van der Waals surface area contributed by atoms with E-state index in [1.807, 2.05) is 0 Å². The Morgan fingerprint density at radius 3 is 2.62 bits per heavy atom. The minimum Gasteiger partial charge on any atom is -0.393 e. The van der Waals surface area contributed by atoms with Crippen molar-refractivity contribution in [3.05, 3.63) is 22.7 Å². The maximum atomic E-state index is 12.0. The summed E-state index contributed by atoms with van der Waals surface area (Å²) in [5, 5.41) is 31.2. The third kappa shape index (κ3) is 7.57. The second-order valence-corrected chi connectivity index (χ2v) is 10.1. The van der Waals surface area contributed by atoms with Crippen molar-refractivity contribution in [3.8, 4) is 0 Å². The molecule has 0 spiro atoms. The molecule has 182 valence electrons. The number of aliphatic hydroxyl groups is 3. The van der Waals surface area contributed by atoms with E-state index in [1.165, 1.54) is 12.3 Å². The average Bonchev–Trinajstić information content (AvgIpc) is 3.18. The lowest BCUT2D eigenvalue weighted by Gasteiger charge is -2.27. The van der Waals surface area contributed by atoms with Crippen LogP contribution in [0.25, 0.3) is 0 Å². The molecule has 1 aliphatic rings. The van der Waals surface area contributed by atoms with Crippen LogP contribution in [0.2, 0.25) is 0 Å². The monoisotopic (exact) mass is 502 g/mol. The zero-order chi connectivity index (χ0) is 24.2. The molecule has 2 heterocycles. The SMILES string of the molecule is C[C@](O)(CO)[C@H](O)COP(=O)(O)OP(=O)(O)OCC1CCC(n2ccc(N=N)nc2=O)O1. The van der Waals surface area contributed by atoms with Crippen LogP contribution in [0.1, 0.15) is 26.0 Å². The van der Waals surface area contributed by atoms with Crippen LogP contribution in [-0.4, -0.2) is 72.3 Å². The average molecular weight is 502 g/mol. The number of aromatic nitrogens is 2. The number of rotatable bonds is 12. The quantitative estimate of drug-likeness (QED) is 0.162. The van der Waals surface area contributed by atoms with Gasteiger partial charge in [-0.25, -0.2) is 19.5 Å². The number of nitrogens with one attached hydrogen (secondary N) is 1. The van der Waals surface area contributed by atoms with Crippen LogP contribution in [0.5, 0.6) is 0 Å². The molecule has 1 aliphatic heterocycles. The molecule has 1 saturated heterocycles. The smallest absolute Gasteiger partial charge is 0.393 e. The summed E-state index contributed by atoms with van der Waals surface area (Å²) in [6.45, 7) is -1.38. The van der Waals surface area contributed by atoms with Gasteiger partial charge in [0, 0.05) is 12.3 Å². The lowest BCUT2D eigenvalue weighted by molar-refractivity contribution is -0.107. The van der Waals surface area contributed by atoms with E-state index in [0.29, 0.717) is 12.8 Å². The third-order valence-corrected chi connectivity index (χ3v) is 6.99. The van der Waals surface area contributed by atoms with E-state index in [2.05, 4.69) is 23.5 Å². The molecule has 2 rings (SSSR count). The van der Waals surface area contributed by atoms with Crippen LogP contribution in [0, 0.1) is 5.53 Å². The van der Waals surface area contributed by atoms with Crippen LogP contribution in [0.4, 0.5) is 5.82 Å². The van der Waals surface area contributed by atoms with Gasteiger partial charge < -0.3 is 29.8 Å². The molecule has 0 bridgehead atoms. The Balaban J connectivity index is 1.86. The van der Waals surface area contributed by atoms with E-state index in [1.54, 1.807) is 0 Å². The second kappa shape index (κ2) is 10.7. The standard InChI is InChI=1S/C14H24N4O12P2/c1-14(22,8-19)10(20)7-28-32(25,26)30-31(23,24)27-6-9-2-3-12(29-9)18-5-4-11(17-15)16-13(18)21/h4-5,9-10,12,15,19-20,22H,2-3,6-8H2,1H3,(H,23,24)(H,25,26)/t9?,10-,12?,14+/m1/s1. The molecule has 1 fully saturated rings. The number of ether oxygens (including phenoxy) is 1. The number of phosphoric acid groups is 2. The van der Waals surface area contributed by atoms with Gasteiger partial charge in [-0.3, -0.25) is 13.6 Å². The van der Waals surface area contributed by atoms with Crippen molar-refractivity contribution in [2.75, 3.05) is 19.8 Å². The third-order valence-electron chi connectivity index (χ3n) is 4.39. The van der Waals surface area contributed by atoms with Crippen molar-refractivity contribution in [3.63, 3.8) is 0 Å². The molecule has 32 heavy (non-hydrogen) atoms. The highest BCUT2D eigenvalue weighted by Crippen LogP contribution is 2.60. The molecule has 0 aliphatic carbocycles. The Morgan fingerprint density at radius 1 is 1.38 bits per heavy atom. The van der Waals surface area contributed by atoms with Gasteiger partial charge in [0.15, 0.2) is 5.82 Å². The number of nitrogens with zero attached hydrogens (tertiary/aromatic N) is 3. The molecule has 0 saturated carbocycles. The fourth-order valence-electron chi connectivity index (χ4n) is 2.50. The first kappa shape index (κ1) is 26.8. The van der Waals surface area contributed by atoms with Gasteiger partial charge in [-0.05, 0) is 19.8 Å². The molecule has 0 radical (unpaired) electrons. The van der Waals surface area contributed by atoms with Crippen molar-refractivity contribution < 1.29 is 52.3 Å². The Hall–Kier alpha value is -1.42. The molecule has 1 aromatic heterocycles. The van der Waals surface area contributed by atoms with Crippen molar-refractivity contribution in [1.82, 2.24) is 9.55 Å². The predicted molar refractivity (Wildman–Crippen MR) is 103 cm³/mol. The summed E-state index contributed by atoms with van der Waals surface area (Å²) in [5.74, 6) is -0.0781. The van der Waals surface area contributed by atoms with E-state index in [9.17, 15) is 33.9 Å². The Kier molecular flexibility index (Phi) is 8.95. The van der Waals surface area contributed by atoms with E-state index in [0.717, 1.165) is 11.5 Å². The second-order valence-electron chi connectivity index (χ2n) is 7.02. The normalized spacial score (nSPS) is 25.4. The van der Waals surface area contributed by atoms with Crippen LogP contribution < -0.4 is 5.69 Å². The molecule has 16 nitrogen and oxygen atoms in total. The summed E-state index contributed by atoms with van der Waals surface area (Å²) >= 11 is 0. The highest BCUT2D eigenvalue weighted by molar-refractivity contribution is 7.61. The van der Waals surface area contributed by atoms with Gasteiger partial charge in [-0.15, -0.1) is 5.11 Å². The molecule has 6 atom stereocenters. The summed E-state index contributed by atoms with van der Waals surface area (Å²) in [4.78, 5) is 34.7. The highest BCUT2D eigenvalue weighted by Gasteiger charge is 2.39. The molecule has 18 heteroatoms. The number of aliphatic hydroxyl groups excluding tert-OH is 2. The first-order valence-corrected chi connectivity index (χ1v) is 12.1. The molecule has 1 aromatic rings. The topological polar surface area (TPSA) is 243 Å². The fourth-order valence-corrected chi connectivity index (χ4v) is 4.61. The molecule has 6 N–H and O–H groups in total. The Bertz CT molecular complexity index is 956. The van der Waals surface area contributed by atoms with Gasteiger partial charge in [-0.2, -0.15) is 9.29 Å². The van der Waals surface area contributed by atoms with Crippen LogP contribution >= 0.6 is 15.6 Å². The van der Waals surface area contributed by atoms with Gasteiger partial charge in [-0.1, -0.05) is 0 Å². The van der Waals surface area contributed by atoms with E-state index >= 15 is 0 Å². The molecule has 0 aromatic carbocycles. The maximum absolute atomic E-state index is 12.0. The van der Waals surface area contributed by atoms with Gasteiger partial charge in [0.05, 0.1) is 25.9 Å².